The van der Waals surface area contributed by atoms with Crippen LogP contribution in [0.2, 0.25) is 0 Å². The quantitative estimate of drug-likeness (QED) is 0.338. The zero-order chi connectivity index (χ0) is 7.98. The number of ether oxygens (including phenoxy) is 1. The average Bonchev–Trinajstić information content (AvgIpc) is 1.99. The highest BCUT2D eigenvalue weighted by Gasteiger charge is 2.04. The Kier molecular flexibility index (Phi) is 4.29. The van der Waals surface area contributed by atoms with Crippen LogP contribution >= 0.6 is 0 Å². The van der Waals surface area contributed by atoms with Crippen LogP contribution in [0.5, 0.6) is 0 Å². The summed E-state index contributed by atoms with van der Waals surface area (Å²) in [5.41, 5.74) is 0.650. The minimum atomic E-state index is -0.276. The van der Waals surface area contributed by atoms with Crippen molar-refractivity contribution in [2.45, 2.75) is 13.3 Å². The first-order valence-corrected chi connectivity index (χ1v) is 3.10. The smallest absolute Gasteiger partial charge is 0.333 e. The summed E-state index contributed by atoms with van der Waals surface area (Å²) in [6.45, 7) is 5.32. The highest BCUT2D eigenvalue weighted by Crippen LogP contribution is 2.02. The Hall–Kier alpha value is -1.05. The molecule has 56 valence electrons. The number of hydrogen-bond acceptors (Lipinski definition) is 2. The molecule has 0 aliphatic heterocycles. The van der Waals surface area contributed by atoms with Crippen molar-refractivity contribution >= 4 is 5.97 Å². The van der Waals surface area contributed by atoms with Crippen molar-refractivity contribution in [3.63, 3.8) is 0 Å². The van der Waals surface area contributed by atoms with E-state index in [9.17, 15) is 4.79 Å². The van der Waals surface area contributed by atoms with Crippen molar-refractivity contribution in [2.24, 2.45) is 0 Å². The van der Waals surface area contributed by atoms with Crippen LogP contribution in [-0.4, -0.2) is 13.1 Å². The predicted molar refractivity (Wildman–Crippen MR) is 40.6 cm³/mol. The third-order valence-electron chi connectivity index (χ3n) is 1.16. The molecule has 0 aliphatic carbocycles. The SMILES string of the molecule is C=CCC(=CC)C(=O)OC. The van der Waals surface area contributed by atoms with E-state index >= 15 is 0 Å². The fourth-order valence-electron chi connectivity index (χ4n) is 0.606. The molecule has 0 N–H and O–H groups in total. The van der Waals surface area contributed by atoms with E-state index in [1.54, 1.807) is 19.1 Å². The van der Waals surface area contributed by atoms with Gasteiger partial charge in [0.1, 0.15) is 0 Å². The lowest BCUT2D eigenvalue weighted by atomic mass is 10.2. The Balaban J connectivity index is 4.08. The van der Waals surface area contributed by atoms with Crippen molar-refractivity contribution < 1.29 is 9.53 Å². The molecule has 0 aliphatic rings. The minimum absolute atomic E-state index is 0.276. The van der Waals surface area contributed by atoms with Gasteiger partial charge in [-0.1, -0.05) is 12.2 Å². The number of carbonyl (C=O) groups is 1. The molecule has 0 saturated heterocycles. The first-order chi connectivity index (χ1) is 4.76. The van der Waals surface area contributed by atoms with Gasteiger partial charge in [-0.15, -0.1) is 6.58 Å². The Morgan fingerprint density at radius 2 is 2.30 bits per heavy atom. The van der Waals surface area contributed by atoms with Gasteiger partial charge < -0.3 is 4.74 Å². The molecule has 0 heterocycles. The van der Waals surface area contributed by atoms with Crippen LogP contribution < -0.4 is 0 Å². The summed E-state index contributed by atoms with van der Waals surface area (Å²) in [5.74, 6) is -0.276. The van der Waals surface area contributed by atoms with Crippen LogP contribution in [0.1, 0.15) is 13.3 Å². The average molecular weight is 140 g/mol. The molecule has 0 aromatic rings. The van der Waals surface area contributed by atoms with Gasteiger partial charge in [-0.2, -0.15) is 0 Å². The van der Waals surface area contributed by atoms with E-state index < -0.39 is 0 Å². The van der Waals surface area contributed by atoms with Crippen LogP contribution in [0.25, 0.3) is 0 Å². The van der Waals surface area contributed by atoms with Gasteiger partial charge in [0.2, 0.25) is 0 Å². The van der Waals surface area contributed by atoms with Crippen LogP contribution in [0.3, 0.4) is 0 Å². The summed E-state index contributed by atoms with van der Waals surface area (Å²) in [6, 6.07) is 0. The maximum atomic E-state index is 10.8. The molecule has 0 atom stereocenters. The first-order valence-electron chi connectivity index (χ1n) is 3.10. The topological polar surface area (TPSA) is 26.3 Å². The number of hydrogen-bond donors (Lipinski definition) is 0. The summed E-state index contributed by atoms with van der Waals surface area (Å²) < 4.78 is 4.50. The standard InChI is InChI=1S/C8H12O2/c1-4-6-7(5-2)8(9)10-3/h4-5H,1,6H2,2-3H3. The van der Waals surface area contributed by atoms with Crippen LogP contribution in [-0.2, 0) is 9.53 Å². The summed E-state index contributed by atoms with van der Waals surface area (Å²) in [5, 5.41) is 0. The van der Waals surface area contributed by atoms with Gasteiger partial charge in [0.05, 0.1) is 7.11 Å². The number of carbonyl (C=O) groups excluding carboxylic acids is 1. The van der Waals surface area contributed by atoms with Crippen molar-refractivity contribution in [1.29, 1.82) is 0 Å². The lowest BCUT2D eigenvalue weighted by molar-refractivity contribution is -0.136. The minimum Gasteiger partial charge on any atom is -0.466 e. The Labute approximate surface area is 61.2 Å². The molecule has 0 bridgehead atoms. The number of allylic oxidation sites excluding steroid dienone is 2. The third-order valence-corrected chi connectivity index (χ3v) is 1.16. The van der Waals surface area contributed by atoms with E-state index in [0.717, 1.165) is 0 Å². The van der Waals surface area contributed by atoms with Gasteiger partial charge in [-0.3, -0.25) is 0 Å². The summed E-state index contributed by atoms with van der Waals surface area (Å²) in [6.07, 6.45) is 3.98. The van der Waals surface area contributed by atoms with Gasteiger partial charge in [0.15, 0.2) is 0 Å². The third kappa shape index (κ3) is 2.49. The van der Waals surface area contributed by atoms with Crippen molar-refractivity contribution in [3.8, 4) is 0 Å². The Morgan fingerprint density at radius 3 is 2.60 bits per heavy atom. The molecule has 0 aromatic heterocycles. The highest BCUT2D eigenvalue weighted by molar-refractivity contribution is 5.88. The predicted octanol–water partition coefficient (Wildman–Crippen LogP) is 1.68. The van der Waals surface area contributed by atoms with Crippen LogP contribution in [0.4, 0.5) is 0 Å². The lowest BCUT2D eigenvalue weighted by Gasteiger charge is -1.99. The monoisotopic (exact) mass is 140 g/mol. The zero-order valence-corrected chi connectivity index (χ0v) is 6.39. The molecule has 0 fully saturated rings. The number of esters is 1. The Bertz CT molecular complexity index is 157. The largest absolute Gasteiger partial charge is 0.466 e. The maximum Gasteiger partial charge on any atom is 0.333 e. The van der Waals surface area contributed by atoms with Crippen molar-refractivity contribution in [3.05, 3.63) is 24.3 Å². The van der Waals surface area contributed by atoms with E-state index in [1.165, 1.54) is 7.11 Å². The zero-order valence-electron chi connectivity index (χ0n) is 6.39. The molecule has 2 heteroatoms. The highest BCUT2D eigenvalue weighted by atomic mass is 16.5. The second kappa shape index (κ2) is 4.79. The number of methoxy groups -OCH3 is 1. The molecule has 0 amide bonds. The van der Waals surface area contributed by atoms with Gasteiger partial charge in [0.25, 0.3) is 0 Å². The summed E-state index contributed by atoms with van der Waals surface area (Å²) in [4.78, 5) is 10.8. The molecule has 2 nitrogen and oxygen atoms in total. The molecule has 0 unspecified atom stereocenters. The van der Waals surface area contributed by atoms with E-state index in [0.29, 0.717) is 12.0 Å². The van der Waals surface area contributed by atoms with Crippen molar-refractivity contribution in [2.75, 3.05) is 7.11 Å². The van der Waals surface area contributed by atoms with Gasteiger partial charge in [-0.25, -0.2) is 4.79 Å². The molecule has 0 saturated carbocycles. The fraction of sp³-hybridized carbons (Fsp3) is 0.375. The Morgan fingerprint density at radius 1 is 1.70 bits per heavy atom. The van der Waals surface area contributed by atoms with E-state index in [2.05, 4.69) is 11.3 Å². The van der Waals surface area contributed by atoms with Gasteiger partial charge in [-0.05, 0) is 13.3 Å². The first kappa shape index (κ1) is 8.95. The molecule has 10 heavy (non-hydrogen) atoms. The van der Waals surface area contributed by atoms with E-state index in [4.69, 9.17) is 0 Å². The molecule has 0 aromatic carbocycles. The molecule has 0 spiro atoms. The van der Waals surface area contributed by atoms with Crippen molar-refractivity contribution in [1.82, 2.24) is 0 Å². The molecular formula is C8H12O2. The molecule has 0 radical (unpaired) electrons. The molecule has 0 rings (SSSR count). The summed E-state index contributed by atoms with van der Waals surface area (Å²) >= 11 is 0. The number of rotatable bonds is 3. The van der Waals surface area contributed by atoms with E-state index in [1.807, 2.05) is 0 Å². The van der Waals surface area contributed by atoms with Gasteiger partial charge in [0, 0.05) is 5.57 Å². The van der Waals surface area contributed by atoms with Gasteiger partial charge >= 0.3 is 5.97 Å². The van der Waals surface area contributed by atoms with Crippen LogP contribution in [0, 0.1) is 0 Å². The normalized spacial score (nSPS) is 10.8. The van der Waals surface area contributed by atoms with Crippen LogP contribution in [0.15, 0.2) is 24.3 Å². The lowest BCUT2D eigenvalue weighted by Crippen LogP contribution is -2.03. The second-order valence-electron chi connectivity index (χ2n) is 1.80. The fourth-order valence-corrected chi connectivity index (χ4v) is 0.606. The maximum absolute atomic E-state index is 10.8. The summed E-state index contributed by atoms with van der Waals surface area (Å²) in [7, 11) is 1.37. The molecular weight excluding hydrogens is 128 g/mol. The van der Waals surface area contributed by atoms with E-state index in [-0.39, 0.29) is 5.97 Å². The second-order valence-corrected chi connectivity index (χ2v) is 1.80.